The van der Waals surface area contributed by atoms with Gasteiger partial charge in [0.1, 0.15) is 18.4 Å². The van der Waals surface area contributed by atoms with Crippen molar-refractivity contribution in [2.75, 3.05) is 38.3 Å². The minimum absolute atomic E-state index is 0.132. The van der Waals surface area contributed by atoms with E-state index in [1.165, 1.54) is 4.90 Å². The number of carbonyl (C=O) groups is 2. The number of rotatable bonds is 1. The number of benzene rings is 1. The summed E-state index contributed by atoms with van der Waals surface area (Å²) >= 11 is 0. The Bertz CT molecular complexity index is 557. The van der Waals surface area contributed by atoms with Gasteiger partial charge in [-0.2, -0.15) is 0 Å². The second-order valence-electron chi connectivity index (χ2n) is 5.10. The van der Waals surface area contributed by atoms with E-state index in [4.69, 9.17) is 4.74 Å². The number of carbonyl (C=O) groups excluding carboxylic acids is 2. The van der Waals surface area contributed by atoms with E-state index in [1.54, 1.807) is 11.9 Å². The molecule has 2 heterocycles. The van der Waals surface area contributed by atoms with Crippen molar-refractivity contribution in [2.45, 2.75) is 6.04 Å². The number of ether oxygens (including phenoxy) is 1. The molecule has 7 nitrogen and oxygen atoms in total. The first-order valence-electron chi connectivity index (χ1n) is 6.92. The number of nitrogens with zero attached hydrogens (tertiary/aromatic N) is 2. The molecule has 0 spiro atoms. The first-order chi connectivity index (χ1) is 10.2. The quantitative estimate of drug-likeness (QED) is 0.762. The Kier molecular flexibility index (Phi) is 3.66. The molecule has 2 aliphatic heterocycles. The molecule has 0 aromatic heterocycles. The molecule has 1 aromatic carbocycles. The fraction of sp³-hybridized carbons (Fsp3) is 0.429. The predicted octanol–water partition coefficient (Wildman–Crippen LogP) is -0.0173. The van der Waals surface area contributed by atoms with Crippen LogP contribution in [0.1, 0.15) is 0 Å². The Morgan fingerprint density at radius 2 is 2.24 bits per heavy atom. The third-order valence-electron chi connectivity index (χ3n) is 3.71. The highest BCUT2D eigenvalue weighted by molar-refractivity contribution is 6.00. The van der Waals surface area contributed by atoms with Crippen molar-refractivity contribution in [2.24, 2.45) is 0 Å². The van der Waals surface area contributed by atoms with Crippen LogP contribution in [0, 0.1) is 0 Å². The second-order valence-corrected chi connectivity index (χ2v) is 5.10. The zero-order chi connectivity index (χ0) is 14.8. The summed E-state index contributed by atoms with van der Waals surface area (Å²) in [5.74, 6) is 0.466. The number of amides is 3. The highest BCUT2D eigenvalue weighted by Gasteiger charge is 2.31. The van der Waals surface area contributed by atoms with Gasteiger partial charge in [0.15, 0.2) is 0 Å². The number of hydrogen-bond acceptors (Lipinski definition) is 4. The maximum atomic E-state index is 12.5. The smallest absolute Gasteiger partial charge is 0.319 e. The van der Waals surface area contributed by atoms with Gasteiger partial charge in [-0.15, -0.1) is 0 Å². The lowest BCUT2D eigenvalue weighted by Gasteiger charge is -2.23. The predicted molar refractivity (Wildman–Crippen MR) is 77.2 cm³/mol. The van der Waals surface area contributed by atoms with E-state index in [9.17, 15) is 9.59 Å². The molecule has 2 aliphatic rings. The Morgan fingerprint density at radius 3 is 3.00 bits per heavy atom. The zero-order valence-electron chi connectivity index (χ0n) is 11.8. The molecule has 3 rings (SSSR count). The molecule has 112 valence electrons. The molecule has 1 saturated heterocycles. The molecule has 0 aliphatic carbocycles. The van der Waals surface area contributed by atoms with Gasteiger partial charge < -0.3 is 19.9 Å². The monoisotopic (exact) mass is 290 g/mol. The van der Waals surface area contributed by atoms with Crippen molar-refractivity contribution in [3.8, 4) is 5.75 Å². The van der Waals surface area contributed by atoms with Gasteiger partial charge >= 0.3 is 6.03 Å². The number of hydrogen-bond donors (Lipinski definition) is 2. The second kappa shape index (κ2) is 5.61. The van der Waals surface area contributed by atoms with Crippen LogP contribution in [0.4, 0.5) is 10.5 Å². The fourth-order valence-electron chi connectivity index (χ4n) is 2.48. The van der Waals surface area contributed by atoms with Gasteiger partial charge in [0.2, 0.25) is 0 Å². The summed E-state index contributed by atoms with van der Waals surface area (Å²) in [7, 11) is 1.69. The summed E-state index contributed by atoms with van der Waals surface area (Å²) in [6.07, 6.45) is 0. The third kappa shape index (κ3) is 2.64. The van der Waals surface area contributed by atoms with E-state index >= 15 is 0 Å². The van der Waals surface area contributed by atoms with E-state index in [-0.39, 0.29) is 18.5 Å². The van der Waals surface area contributed by atoms with Gasteiger partial charge in [-0.25, -0.2) is 4.79 Å². The zero-order valence-corrected chi connectivity index (χ0v) is 11.8. The van der Waals surface area contributed by atoms with Crippen molar-refractivity contribution in [1.29, 1.82) is 0 Å². The van der Waals surface area contributed by atoms with Gasteiger partial charge in [0.25, 0.3) is 5.91 Å². The van der Waals surface area contributed by atoms with Crippen LogP contribution in [0.2, 0.25) is 0 Å². The van der Waals surface area contributed by atoms with Gasteiger partial charge in [-0.1, -0.05) is 12.1 Å². The molecule has 3 amide bonds. The van der Waals surface area contributed by atoms with Gasteiger partial charge in [-0.05, 0) is 12.1 Å². The normalized spacial score (nSPS) is 21.6. The topological polar surface area (TPSA) is 73.9 Å². The maximum absolute atomic E-state index is 12.5. The Morgan fingerprint density at radius 1 is 1.43 bits per heavy atom. The molecular formula is C14H18N4O3. The summed E-state index contributed by atoms with van der Waals surface area (Å²) in [6.45, 7) is 2.05. The average Bonchev–Trinajstić information content (AvgIpc) is 3.01. The van der Waals surface area contributed by atoms with Crippen LogP contribution in [0.3, 0.4) is 0 Å². The van der Waals surface area contributed by atoms with Crippen molar-refractivity contribution in [3.05, 3.63) is 24.3 Å². The lowest BCUT2D eigenvalue weighted by atomic mass is 10.2. The molecule has 1 fully saturated rings. The molecular weight excluding hydrogens is 272 g/mol. The summed E-state index contributed by atoms with van der Waals surface area (Å²) < 4.78 is 5.65. The highest BCUT2D eigenvalue weighted by atomic mass is 16.5. The number of para-hydroxylation sites is 2. The first kappa shape index (κ1) is 13.7. The molecule has 0 unspecified atom stereocenters. The van der Waals surface area contributed by atoms with Crippen LogP contribution in [0.5, 0.6) is 5.75 Å². The molecule has 0 radical (unpaired) electrons. The molecule has 0 bridgehead atoms. The summed E-state index contributed by atoms with van der Waals surface area (Å²) in [5.41, 5.74) is 0.710. The molecule has 1 aromatic rings. The number of likely N-dealkylation sites (N-methyl/N-ethyl adjacent to an activating group) is 1. The minimum atomic E-state index is -0.685. The van der Waals surface area contributed by atoms with Crippen LogP contribution in [0.25, 0.3) is 0 Å². The largest absolute Gasteiger partial charge is 0.489 e. The first-order valence-corrected chi connectivity index (χ1v) is 6.92. The van der Waals surface area contributed by atoms with Crippen LogP contribution < -0.4 is 20.3 Å². The van der Waals surface area contributed by atoms with Crippen LogP contribution in [-0.2, 0) is 4.79 Å². The number of fused-ring (bicyclic) bond motifs is 1. The Labute approximate surface area is 122 Å². The van der Waals surface area contributed by atoms with Crippen LogP contribution in [-0.4, -0.2) is 56.3 Å². The standard InChI is InChI=1S/C14H18N4O3/c1-17-11-4-2-3-5-12(11)21-8-10(13(17)19)16-14(20)18-7-6-15-9-18/h2-5,10,15H,6-9H2,1H3,(H,16,20)/t10-/m0/s1. The Hall–Kier alpha value is -2.28. The summed E-state index contributed by atoms with van der Waals surface area (Å²) in [5, 5.41) is 5.82. The van der Waals surface area contributed by atoms with E-state index in [0.29, 0.717) is 24.7 Å². The lowest BCUT2D eigenvalue weighted by molar-refractivity contribution is -0.120. The Balaban J connectivity index is 1.73. The fourth-order valence-corrected chi connectivity index (χ4v) is 2.48. The van der Waals surface area contributed by atoms with E-state index in [2.05, 4.69) is 10.6 Å². The molecule has 0 saturated carbocycles. The summed E-state index contributed by atoms with van der Waals surface area (Å²) in [6, 6.07) is 6.40. The van der Waals surface area contributed by atoms with Gasteiger partial charge in [0.05, 0.1) is 12.4 Å². The molecule has 21 heavy (non-hydrogen) atoms. The minimum Gasteiger partial charge on any atom is -0.489 e. The van der Waals surface area contributed by atoms with Crippen molar-refractivity contribution < 1.29 is 14.3 Å². The maximum Gasteiger partial charge on any atom is 0.319 e. The average molecular weight is 290 g/mol. The SMILES string of the molecule is CN1C(=O)[C@@H](NC(=O)N2CCNC2)COc2ccccc21. The van der Waals surface area contributed by atoms with E-state index < -0.39 is 6.04 Å². The van der Waals surface area contributed by atoms with E-state index in [0.717, 1.165) is 6.54 Å². The van der Waals surface area contributed by atoms with Crippen molar-refractivity contribution in [3.63, 3.8) is 0 Å². The van der Waals surface area contributed by atoms with Gasteiger partial charge in [-0.3, -0.25) is 10.1 Å². The van der Waals surface area contributed by atoms with Crippen LogP contribution >= 0.6 is 0 Å². The highest BCUT2D eigenvalue weighted by Crippen LogP contribution is 2.29. The van der Waals surface area contributed by atoms with Crippen molar-refractivity contribution >= 4 is 17.6 Å². The molecule has 7 heteroatoms. The van der Waals surface area contributed by atoms with Gasteiger partial charge in [0, 0.05) is 20.1 Å². The number of urea groups is 1. The molecule has 1 atom stereocenters. The number of anilines is 1. The summed E-state index contributed by atoms with van der Waals surface area (Å²) in [4.78, 5) is 27.7. The number of nitrogens with one attached hydrogen (secondary N) is 2. The molecule has 2 N–H and O–H groups in total. The van der Waals surface area contributed by atoms with Crippen molar-refractivity contribution in [1.82, 2.24) is 15.5 Å². The van der Waals surface area contributed by atoms with E-state index in [1.807, 2.05) is 24.3 Å². The van der Waals surface area contributed by atoms with Crippen LogP contribution in [0.15, 0.2) is 24.3 Å². The third-order valence-corrected chi connectivity index (χ3v) is 3.71. The lowest BCUT2D eigenvalue weighted by Crippen LogP contribution is -2.53.